The molecule has 0 atom stereocenters. The summed E-state index contributed by atoms with van der Waals surface area (Å²) in [5.74, 6) is 0.723. The van der Waals surface area contributed by atoms with E-state index in [4.69, 9.17) is 0 Å². The summed E-state index contributed by atoms with van der Waals surface area (Å²) in [6.45, 7) is 8.50. The lowest BCUT2D eigenvalue weighted by molar-refractivity contribution is -0.104. The molecule has 0 radical (unpaired) electrons. The van der Waals surface area contributed by atoms with Crippen molar-refractivity contribution in [1.82, 2.24) is 5.32 Å². The van der Waals surface area contributed by atoms with Gasteiger partial charge in [-0.2, -0.15) is 0 Å². The summed E-state index contributed by atoms with van der Waals surface area (Å²) in [5, 5.41) is 5.34. The summed E-state index contributed by atoms with van der Waals surface area (Å²) < 4.78 is 0. The highest BCUT2D eigenvalue weighted by atomic mass is 32.2. The Labute approximate surface area is 131 Å². The van der Waals surface area contributed by atoms with Crippen LogP contribution in [0.5, 0.6) is 0 Å². The molecule has 0 spiro atoms. The van der Waals surface area contributed by atoms with Gasteiger partial charge in [-0.1, -0.05) is 18.7 Å². The van der Waals surface area contributed by atoms with Gasteiger partial charge in [0.25, 0.3) is 0 Å². The van der Waals surface area contributed by atoms with Crippen LogP contribution in [0.1, 0.15) is 13.8 Å². The van der Waals surface area contributed by atoms with Crippen LogP contribution in [0.4, 0.5) is 0 Å². The predicted octanol–water partition coefficient (Wildman–Crippen LogP) is 3.44. The molecule has 1 aliphatic heterocycles. The highest BCUT2D eigenvalue weighted by Crippen LogP contribution is 2.18. The van der Waals surface area contributed by atoms with E-state index < -0.39 is 0 Å². The highest BCUT2D eigenvalue weighted by Gasteiger charge is 2.09. The maximum Gasteiger partial charge on any atom is 0.148 e. The fourth-order valence-electron chi connectivity index (χ4n) is 1.97. The highest BCUT2D eigenvalue weighted by molar-refractivity contribution is 8.02. The molecule has 0 unspecified atom stereocenters. The van der Waals surface area contributed by atoms with Gasteiger partial charge in [0.05, 0.1) is 5.71 Å². The Bertz CT molecular complexity index is 551. The first-order valence-electron chi connectivity index (χ1n) is 6.80. The van der Waals surface area contributed by atoms with Crippen molar-refractivity contribution in [3.63, 3.8) is 0 Å². The maximum atomic E-state index is 11.1. The first-order chi connectivity index (χ1) is 10.2. The number of rotatable bonds is 7. The zero-order chi connectivity index (χ0) is 15.7. The van der Waals surface area contributed by atoms with E-state index in [0.29, 0.717) is 6.54 Å². The molecular weight excluding hydrogens is 280 g/mol. The Morgan fingerprint density at radius 1 is 1.57 bits per heavy atom. The van der Waals surface area contributed by atoms with Crippen molar-refractivity contribution < 1.29 is 4.79 Å². The fraction of sp³-hybridized carbons (Fsp3) is 0.294. The Hall–Kier alpha value is -1.81. The van der Waals surface area contributed by atoms with Gasteiger partial charge in [0.1, 0.15) is 6.29 Å². The van der Waals surface area contributed by atoms with Crippen LogP contribution in [0.2, 0.25) is 0 Å². The minimum absolute atomic E-state index is 0.661. The number of hydrogen-bond donors (Lipinski definition) is 1. The van der Waals surface area contributed by atoms with Crippen molar-refractivity contribution in [2.75, 3.05) is 19.3 Å². The van der Waals surface area contributed by atoms with E-state index in [1.54, 1.807) is 24.9 Å². The molecule has 0 saturated carbocycles. The summed E-state index contributed by atoms with van der Waals surface area (Å²) in [6.07, 6.45) is 8.64. The van der Waals surface area contributed by atoms with Crippen LogP contribution in [0.15, 0.2) is 63.7 Å². The smallest absolute Gasteiger partial charge is 0.148 e. The van der Waals surface area contributed by atoms with E-state index in [1.807, 2.05) is 30.6 Å². The molecule has 4 heteroatoms. The second-order valence-corrected chi connectivity index (χ2v) is 5.43. The first kappa shape index (κ1) is 17.2. The number of nitrogens with zero attached hydrogens (tertiary/aromatic N) is 1. The SMILES string of the molecule is C=CC(=NC)C(/C=C\C)=C(\C)CNC1=C(C=O)CSC=C1. The first-order valence-corrected chi connectivity index (χ1v) is 7.85. The third-order valence-electron chi connectivity index (χ3n) is 3.11. The fourth-order valence-corrected chi connectivity index (χ4v) is 2.70. The van der Waals surface area contributed by atoms with Crippen LogP contribution >= 0.6 is 11.8 Å². The number of allylic oxidation sites excluding steroid dienone is 5. The van der Waals surface area contributed by atoms with Crippen LogP contribution in [0.3, 0.4) is 0 Å². The molecule has 1 rings (SSSR count). The molecule has 1 aliphatic rings. The summed E-state index contributed by atoms with van der Waals surface area (Å²) >= 11 is 1.63. The number of carbonyl (C=O) groups excluding carboxylic acids is 1. The third-order valence-corrected chi connectivity index (χ3v) is 3.91. The summed E-state index contributed by atoms with van der Waals surface area (Å²) in [4.78, 5) is 15.3. The molecule has 0 aromatic carbocycles. The van der Waals surface area contributed by atoms with Gasteiger partial charge in [-0.3, -0.25) is 9.79 Å². The van der Waals surface area contributed by atoms with Crippen molar-refractivity contribution in [2.24, 2.45) is 4.99 Å². The average Bonchev–Trinajstić information content (AvgIpc) is 2.53. The van der Waals surface area contributed by atoms with Crippen LogP contribution in [-0.2, 0) is 4.79 Å². The Kier molecular flexibility index (Phi) is 7.54. The molecule has 0 amide bonds. The van der Waals surface area contributed by atoms with Gasteiger partial charge in [0.15, 0.2) is 0 Å². The zero-order valence-electron chi connectivity index (χ0n) is 12.8. The quantitative estimate of drug-likeness (QED) is 0.445. The zero-order valence-corrected chi connectivity index (χ0v) is 13.7. The van der Waals surface area contributed by atoms with Gasteiger partial charge < -0.3 is 5.32 Å². The van der Waals surface area contributed by atoms with Crippen molar-refractivity contribution in [1.29, 1.82) is 0 Å². The van der Waals surface area contributed by atoms with E-state index in [0.717, 1.165) is 40.2 Å². The second-order valence-electron chi connectivity index (χ2n) is 4.53. The lowest BCUT2D eigenvalue weighted by Crippen LogP contribution is -2.20. The number of thioether (sulfide) groups is 1. The molecule has 1 heterocycles. The van der Waals surface area contributed by atoms with E-state index in [-0.39, 0.29) is 0 Å². The van der Waals surface area contributed by atoms with Crippen molar-refractivity contribution in [3.8, 4) is 0 Å². The monoisotopic (exact) mass is 302 g/mol. The summed E-state index contributed by atoms with van der Waals surface area (Å²) in [5.41, 5.74) is 4.78. The summed E-state index contributed by atoms with van der Waals surface area (Å²) in [7, 11) is 1.76. The molecule has 0 saturated heterocycles. The van der Waals surface area contributed by atoms with Crippen LogP contribution in [0.25, 0.3) is 0 Å². The van der Waals surface area contributed by atoms with Crippen molar-refractivity contribution in [3.05, 3.63) is 58.7 Å². The molecule has 0 bridgehead atoms. The number of carbonyl (C=O) groups is 1. The minimum atomic E-state index is 0.661. The van der Waals surface area contributed by atoms with Crippen molar-refractivity contribution >= 4 is 23.8 Å². The number of nitrogens with one attached hydrogen (secondary N) is 1. The van der Waals surface area contributed by atoms with Gasteiger partial charge >= 0.3 is 0 Å². The van der Waals surface area contributed by atoms with Gasteiger partial charge in [-0.15, -0.1) is 11.8 Å². The van der Waals surface area contributed by atoms with Gasteiger partial charge in [-0.25, -0.2) is 0 Å². The molecule has 0 aromatic heterocycles. The molecule has 3 nitrogen and oxygen atoms in total. The number of aldehydes is 1. The van der Waals surface area contributed by atoms with Crippen LogP contribution < -0.4 is 5.32 Å². The molecule has 0 aromatic rings. The van der Waals surface area contributed by atoms with Crippen LogP contribution in [-0.4, -0.2) is 31.3 Å². The normalized spacial score (nSPS) is 17.0. The molecular formula is C17H22N2OS. The van der Waals surface area contributed by atoms with E-state index in [1.165, 1.54) is 0 Å². The molecule has 21 heavy (non-hydrogen) atoms. The Morgan fingerprint density at radius 2 is 2.33 bits per heavy atom. The largest absolute Gasteiger partial charge is 0.381 e. The standard InChI is InChI=1S/C17H22N2OS/c1-5-7-15(16(6-2)18-4)13(3)10-19-17-8-9-21-12-14(17)11-20/h5-9,11,19H,2,10,12H2,1,3-4H3/b7-5-,15-13+,18-16?. The molecule has 1 N–H and O–H groups in total. The second kappa shape index (κ2) is 9.19. The number of aliphatic imine (C=N–C) groups is 1. The molecule has 0 aliphatic carbocycles. The Balaban J connectivity index is 2.95. The average molecular weight is 302 g/mol. The number of hydrogen-bond acceptors (Lipinski definition) is 4. The van der Waals surface area contributed by atoms with Gasteiger partial charge in [-0.05, 0) is 42.6 Å². The van der Waals surface area contributed by atoms with Gasteiger partial charge in [0, 0.05) is 30.6 Å². The molecule has 112 valence electrons. The molecule has 0 fully saturated rings. The third kappa shape index (κ3) is 4.90. The maximum absolute atomic E-state index is 11.1. The Morgan fingerprint density at radius 3 is 2.90 bits per heavy atom. The lowest BCUT2D eigenvalue weighted by Gasteiger charge is -2.15. The van der Waals surface area contributed by atoms with Crippen molar-refractivity contribution in [2.45, 2.75) is 13.8 Å². The van der Waals surface area contributed by atoms with Crippen LogP contribution in [0, 0.1) is 0 Å². The van der Waals surface area contributed by atoms with E-state index in [9.17, 15) is 4.79 Å². The van der Waals surface area contributed by atoms with Gasteiger partial charge in [0.2, 0.25) is 0 Å². The minimum Gasteiger partial charge on any atom is -0.381 e. The predicted molar refractivity (Wildman–Crippen MR) is 93.8 cm³/mol. The van der Waals surface area contributed by atoms with E-state index in [2.05, 4.69) is 23.8 Å². The van der Waals surface area contributed by atoms with E-state index >= 15 is 0 Å². The topological polar surface area (TPSA) is 41.5 Å². The lowest BCUT2D eigenvalue weighted by atomic mass is 10.0. The summed E-state index contributed by atoms with van der Waals surface area (Å²) in [6, 6.07) is 0.